The maximum Gasteiger partial charge on any atom is 0.248 e. The summed E-state index contributed by atoms with van der Waals surface area (Å²) in [5, 5.41) is 126. The summed E-state index contributed by atoms with van der Waals surface area (Å²) in [6.07, 6.45) is 0.205. The van der Waals surface area contributed by atoms with E-state index in [1.807, 2.05) is 7.11 Å². The number of rotatable bonds is 20. The molecule has 6 amide bonds. The molecule has 15 N–H and O–H groups in total. The van der Waals surface area contributed by atoms with Crippen LogP contribution in [0.2, 0.25) is 0 Å². The van der Waals surface area contributed by atoms with E-state index >= 15 is 0 Å². The van der Waals surface area contributed by atoms with Gasteiger partial charge in [-0.2, -0.15) is 0 Å². The zero-order valence-electron chi connectivity index (χ0n) is 54.8. The number of hydrogen-bond acceptors (Lipinski definition) is 23. The average Bonchev–Trinajstić information content (AvgIpc) is 1.78. The first-order valence-corrected chi connectivity index (χ1v) is 34.5. The van der Waals surface area contributed by atoms with Gasteiger partial charge in [0.25, 0.3) is 0 Å². The van der Waals surface area contributed by atoms with Crippen molar-refractivity contribution in [3.05, 3.63) is 53.0 Å². The molecule has 4 saturated heterocycles. The van der Waals surface area contributed by atoms with Crippen molar-refractivity contribution in [2.75, 3.05) is 78.1 Å². The van der Waals surface area contributed by atoms with E-state index in [1.165, 1.54) is 70.0 Å². The van der Waals surface area contributed by atoms with Gasteiger partial charge in [0.05, 0.1) is 74.6 Å². The maximum atomic E-state index is 15.0. The molecule has 0 radical (unpaired) electrons. The number of benzene rings is 2. The number of phenols is 1. The molecule has 1 aromatic heterocycles. The number of fused-ring (bicyclic) bond motifs is 2. The number of aliphatic hydroxyl groups excluding tert-OH is 8. The lowest BCUT2D eigenvalue weighted by atomic mass is 9.72. The molecule has 2 aliphatic carbocycles. The summed E-state index contributed by atoms with van der Waals surface area (Å²) in [4.78, 5) is 92.6. The van der Waals surface area contributed by atoms with Crippen molar-refractivity contribution in [1.82, 2.24) is 51.9 Å². The molecule has 2 aromatic carbocycles. The number of amides is 6. The Hall–Kier alpha value is -6.22. The Balaban J connectivity index is 0.919. The number of aromatic nitrogens is 2. The lowest BCUT2D eigenvalue weighted by Crippen LogP contribution is -2.64. The predicted molar refractivity (Wildman–Crippen MR) is 348 cm³/mol. The molecule has 29 heteroatoms. The lowest BCUT2D eigenvalue weighted by Gasteiger charge is -2.47. The molecule has 0 bridgehead atoms. The van der Waals surface area contributed by atoms with Gasteiger partial charge >= 0.3 is 0 Å². The normalized spacial score (nSPS) is 29.8. The van der Waals surface area contributed by atoms with E-state index in [4.69, 9.17) is 9.47 Å². The van der Waals surface area contributed by atoms with Crippen LogP contribution < -0.4 is 41.5 Å². The van der Waals surface area contributed by atoms with Crippen molar-refractivity contribution < 1.29 is 84.2 Å². The first kappa shape index (κ1) is 73.0. The van der Waals surface area contributed by atoms with Crippen LogP contribution in [0.4, 0.5) is 5.69 Å². The number of methoxy groups -OCH3 is 2. The number of phenolic OH excluding ortho intramolecular Hbond substituents is 1. The first-order chi connectivity index (χ1) is 45.5. The van der Waals surface area contributed by atoms with Gasteiger partial charge in [0, 0.05) is 75.8 Å². The summed E-state index contributed by atoms with van der Waals surface area (Å²) in [5.74, 6) is -6.43. The standard InChI is InChI=1S/C66H99N11O17S/c1-36-32-77-56(57(36)86)61(90)69-31-45(81)28-47(68-30-38-10-13-40(14-11-38)62-73-74-63(95-62)41-15-17-44(18-16-41)75-24-21-66(94-4,22-25-75)42-8-6-5-7-9-42)58(87)70-53(37(2)80)64(91)76-33-46(82)29-48(76)59(88)71-54(51(85)26-39-12-19-49(83)52(27-39)93-3)60(89)72-55(65(77)92)50(84)20-23-67-43(34-78)35-79/h12,15-19,27,36-38,40,42-43,45-48,50-51,53-57,67-68,78-86H,5-11,13-14,20-26,28-35H2,1-4H3,(H,69,90)(H,70,87)(H,71,88)(H,72,89)/t36-,37+,38?,40?,45+,46+,47-,48-,50+,51+,53-,54-,55-,56-,57-/m0/s1. The molecule has 5 heterocycles. The van der Waals surface area contributed by atoms with Gasteiger partial charge in [-0.25, -0.2) is 0 Å². The van der Waals surface area contributed by atoms with E-state index < -0.39 is 159 Å². The van der Waals surface area contributed by atoms with Crippen LogP contribution in [0.25, 0.3) is 10.6 Å². The van der Waals surface area contributed by atoms with Crippen LogP contribution >= 0.6 is 11.3 Å². The number of β-amino-alcohol motifs (C(OH)–C–C–N with tert-alkyl or cyclic N) is 1. The second-order valence-corrected chi connectivity index (χ2v) is 28.1. The van der Waals surface area contributed by atoms with Crippen molar-refractivity contribution in [3.63, 3.8) is 0 Å². The molecule has 3 aromatic rings. The third-order valence-electron chi connectivity index (χ3n) is 20.6. The van der Waals surface area contributed by atoms with Crippen molar-refractivity contribution in [2.24, 2.45) is 17.8 Å². The third kappa shape index (κ3) is 17.7. The molecule has 6 aliphatic rings. The minimum atomic E-state index is -2.03. The highest BCUT2D eigenvalue weighted by molar-refractivity contribution is 7.14. The molecule has 28 nitrogen and oxygen atoms in total. The van der Waals surface area contributed by atoms with E-state index in [0.717, 1.165) is 77.0 Å². The summed E-state index contributed by atoms with van der Waals surface area (Å²) in [6.45, 7) is 2.54. The van der Waals surface area contributed by atoms with E-state index in [9.17, 15) is 74.7 Å². The fourth-order valence-corrected chi connectivity index (χ4v) is 15.8. The number of piperidine rings is 1. The number of nitrogens with zero attached hydrogens (tertiary/aromatic N) is 5. The lowest BCUT2D eigenvalue weighted by molar-refractivity contribution is -0.147. The van der Waals surface area contributed by atoms with Crippen LogP contribution in [0.1, 0.15) is 120 Å². The summed E-state index contributed by atoms with van der Waals surface area (Å²) in [5.41, 5.74) is 2.40. The summed E-state index contributed by atoms with van der Waals surface area (Å²) in [6, 6.07) is 1.45. The van der Waals surface area contributed by atoms with Gasteiger partial charge in [-0.15, -0.1) is 10.2 Å². The van der Waals surface area contributed by atoms with E-state index in [1.54, 1.807) is 18.3 Å². The number of ether oxygens (including phenoxy) is 2. The van der Waals surface area contributed by atoms with Crippen LogP contribution in [0, 0.1) is 17.8 Å². The minimum Gasteiger partial charge on any atom is -0.504 e. The predicted octanol–water partition coefficient (Wildman–Crippen LogP) is -1.10. The Morgan fingerprint density at radius 1 is 0.747 bits per heavy atom. The number of aliphatic hydroxyl groups is 8. The van der Waals surface area contributed by atoms with E-state index in [0.29, 0.717) is 5.92 Å². The fraction of sp³-hybridized carbons (Fsp3) is 0.697. The molecule has 13 atom stereocenters. The first-order valence-electron chi connectivity index (χ1n) is 33.7. The summed E-state index contributed by atoms with van der Waals surface area (Å²) in [7, 11) is 3.17. The summed E-state index contributed by atoms with van der Waals surface area (Å²) >= 11 is 1.57. The largest absolute Gasteiger partial charge is 0.504 e. The van der Waals surface area contributed by atoms with Crippen LogP contribution in [0.5, 0.6) is 11.5 Å². The monoisotopic (exact) mass is 1350 g/mol. The van der Waals surface area contributed by atoms with E-state index in [-0.39, 0.29) is 67.0 Å². The molecular formula is C66H99N11O17S. The Labute approximate surface area is 557 Å². The smallest absolute Gasteiger partial charge is 0.248 e. The van der Waals surface area contributed by atoms with Gasteiger partial charge in [0.1, 0.15) is 40.2 Å². The quantitative estimate of drug-likeness (QED) is 0.0638. The molecule has 9 rings (SSSR count). The highest BCUT2D eigenvalue weighted by Gasteiger charge is 2.50. The number of carbonyl (C=O) groups excluding carboxylic acids is 6. The van der Waals surface area contributed by atoms with Gasteiger partial charge in [-0.3, -0.25) is 28.8 Å². The van der Waals surface area contributed by atoms with Crippen molar-refractivity contribution in [1.29, 1.82) is 0 Å². The Kier molecular flexibility index (Phi) is 25.6. The number of anilines is 1. The van der Waals surface area contributed by atoms with Crippen molar-refractivity contribution >= 4 is 52.5 Å². The Morgan fingerprint density at radius 2 is 1.42 bits per heavy atom. The molecule has 0 spiro atoms. The minimum absolute atomic E-state index is 0.0000358. The van der Waals surface area contributed by atoms with Crippen LogP contribution in [0.15, 0.2) is 42.5 Å². The number of aromatic hydroxyl groups is 1. The van der Waals surface area contributed by atoms with Gasteiger partial charge in [0.15, 0.2) is 11.5 Å². The SMILES string of the molecule is COc1cc(C[C@@H](O)[C@@H]2NC(=O)[C@@H]3C[C@@H](O)CN3C(=O)[C@H]([C@@H](C)O)NC(=O)[C@@H](NCC3CCC(c4nnc(-c5ccc(N6CCC(OC)(C7CCCCC7)CC6)cc5)s4)CC3)C[C@@H](O)CNC(=O)[C@@H]3[C@@H](O)[C@@H](C)CN3C(=O)[C@H]([C@H](O)CCNC(CO)CO)NC2=O)ccc1O. The topological polar surface area (TPSA) is 411 Å². The van der Waals surface area contributed by atoms with Gasteiger partial charge < -0.3 is 102 Å². The molecule has 95 heavy (non-hydrogen) atoms. The zero-order chi connectivity index (χ0) is 68.3. The third-order valence-corrected chi connectivity index (χ3v) is 21.7. The average molecular weight is 1350 g/mol. The number of carbonyl (C=O) groups is 6. The number of hydrogen-bond donors (Lipinski definition) is 15. The van der Waals surface area contributed by atoms with Crippen LogP contribution in [0.3, 0.4) is 0 Å². The van der Waals surface area contributed by atoms with Crippen LogP contribution in [-0.4, -0.2) is 259 Å². The van der Waals surface area contributed by atoms with Gasteiger partial charge in [-0.05, 0) is 138 Å². The molecule has 4 aliphatic heterocycles. The number of nitrogens with one attached hydrogen (secondary N) is 6. The fourth-order valence-electron chi connectivity index (χ4n) is 14.8. The molecular weight excluding hydrogens is 1250 g/mol. The molecule has 2 saturated carbocycles. The Bertz CT molecular complexity index is 3050. The van der Waals surface area contributed by atoms with Gasteiger partial charge in [0.2, 0.25) is 35.4 Å². The second-order valence-electron chi connectivity index (χ2n) is 27.0. The van der Waals surface area contributed by atoms with Crippen molar-refractivity contribution in [2.45, 2.75) is 201 Å². The van der Waals surface area contributed by atoms with Gasteiger partial charge in [-0.1, -0.05) is 43.6 Å². The van der Waals surface area contributed by atoms with Crippen LogP contribution in [-0.2, 0) is 39.9 Å². The molecule has 0 unspecified atom stereocenters. The molecule has 6 fully saturated rings. The summed E-state index contributed by atoms with van der Waals surface area (Å²) < 4.78 is 11.5. The van der Waals surface area contributed by atoms with E-state index in [2.05, 4.69) is 71.3 Å². The second kappa shape index (κ2) is 33.4. The van der Waals surface area contributed by atoms with Crippen molar-refractivity contribution in [3.8, 4) is 22.1 Å². The highest BCUT2D eigenvalue weighted by Crippen LogP contribution is 2.43. The molecule has 526 valence electrons. The zero-order valence-corrected chi connectivity index (χ0v) is 55.6. The highest BCUT2D eigenvalue weighted by atomic mass is 32.1. The Morgan fingerprint density at radius 3 is 2.08 bits per heavy atom. The maximum absolute atomic E-state index is 15.0.